The van der Waals surface area contributed by atoms with E-state index in [9.17, 15) is 17.6 Å². The Bertz CT molecular complexity index is 1580. The van der Waals surface area contributed by atoms with Crippen LogP contribution in [0.25, 0.3) is 11.1 Å². The first-order valence-electron chi connectivity index (χ1n) is 12.0. The van der Waals surface area contributed by atoms with E-state index in [1.807, 2.05) is 0 Å². The minimum absolute atomic E-state index is 0.122. The first-order valence-corrected chi connectivity index (χ1v) is 13.5. The van der Waals surface area contributed by atoms with Gasteiger partial charge in [-0.2, -0.15) is 0 Å². The molecule has 0 fully saturated rings. The molecule has 0 saturated heterocycles. The summed E-state index contributed by atoms with van der Waals surface area (Å²) in [7, 11) is -1.21. The Morgan fingerprint density at radius 2 is 1.51 bits per heavy atom. The second-order valence-corrected chi connectivity index (χ2v) is 10.1. The maximum atomic E-state index is 14.3. The zero-order valence-corrected chi connectivity index (χ0v) is 22.2. The molecule has 4 aromatic carbocycles. The number of hydrogen-bond donors (Lipinski definition) is 3. The molecule has 0 atom stereocenters. The van der Waals surface area contributed by atoms with Gasteiger partial charge in [-0.1, -0.05) is 42.5 Å². The van der Waals surface area contributed by atoms with Gasteiger partial charge in [0.1, 0.15) is 22.2 Å². The van der Waals surface area contributed by atoms with E-state index in [4.69, 9.17) is 9.47 Å². The summed E-state index contributed by atoms with van der Waals surface area (Å²) >= 11 is 0. The molecule has 0 radical (unpaired) electrons. The van der Waals surface area contributed by atoms with E-state index >= 15 is 0 Å². The Morgan fingerprint density at radius 3 is 2.28 bits per heavy atom. The van der Waals surface area contributed by atoms with Crippen molar-refractivity contribution in [3.8, 4) is 22.6 Å². The summed E-state index contributed by atoms with van der Waals surface area (Å²) in [5.41, 5.74) is 2.08. The molecule has 0 aliphatic carbocycles. The van der Waals surface area contributed by atoms with E-state index in [2.05, 4.69) is 15.4 Å². The highest BCUT2D eigenvalue weighted by atomic mass is 32.2. The summed E-state index contributed by atoms with van der Waals surface area (Å²) in [4.78, 5) is 12.3. The molecule has 3 N–H and O–H groups in total. The third-order valence-corrected chi connectivity index (χ3v) is 7.25. The summed E-state index contributed by atoms with van der Waals surface area (Å²) < 4.78 is 54.0. The number of sulfonamides is 1. The van der Waals surface area contributed by atoms with Crippen LogP contribution in [0.5, 0.6) is 11.5 Å². The van der Waals surface area contributed by atoms with Crippen molar-refractivity contribution in [3.63, 3.8) is 0 Å². The fourth-order valence-corrected chi connectivity index (χ4v) is 5.21. The van der Waals surface area contributed by atoms with E-state index in [1.54, 1.807) is 72.8 Å². The molecular weight excluding hydrogens is 521 g/mol. The Kier molecular flexibility index (Phi) is 8.67. The molecule has 0 aromatic heterocycles. The second kappa shape index (κ2) is 12.3. The highest BCUT2D eigenvalue weighted by Gasteiger charge is 2.21. The summed E-state index contributed by atoms with van der Waals surface area (Å²) in [6, 6.07) is 24.3. The maximum Gasteiger partial charge on any atom is 0.265 e. The quantitative estimate of drug-likeness (QED) is 0.224. The third-order valence-electron chi connectivity index (χ3n) is 5.84. The molecule has 0 aliphatic rings. The molecule has 1 amide bonds. The average Bonchev–Trinajstić information content (AvgIpc) is 2.95. The molecule has 202 valence electrons. The summed E-state index contributed by atoms with van der Waals surface area (Å²) in [5, 5.41) is 5.98. The largest absolute Gasteiger partial charge is 0.496 e. The highest BCUT2D eigenvalue weighted by Crippen LogP contribution is 2.32. The molecule has 39 heavy (non-hydrogen) atoms. The van der Waals surface area contributed by atoms with E-state index in [-0.39, 0.29) is 22.1 Å². The Morgan fingerprint density at radius 1 is 0.795 bits per heavy atom. The van der Waals surface area contributed by atoms with Crippen LogP contribution < -0.4 is 24.8 Å². The Hall–Kier alpha value is -4.57. The Balaban J connectivity index is 1.43. The van der Waals surface area contributed by atoms with Crippen LogP contribution in [0.3, 0.4) is 0 Å². The van der Waals surface area contributed by atoms with E-state index in [0.29, 0.717) is 41.3 Å². The number of carbonyl (C=O) groups is 1. The third kappa shape index (κ3) is 6.66. The van der Waals surface area contributed by atoms with Gasteiger partial charge in [-0.05, 0) is 54.1 Å². The van der Waals surface area contributed by atoms with Crippen LogP contribution in [-0.4, -0.2) is 41.6 Å². The van der Waals surface area contributed by atoms with E-state index in [0.717, 1.165) is 0 Å². The topological polar surface area (TPSA) is 106 Å². The van der Waals surface area contributed by atoms with Gasteiger partial charge in [0.15, 0.2) is 0 Å². The molecule has 4 rings (SSSR count). The zero-order chi connectivity index (χ0) is 27.8. The van der Waals surface area contributed by atoms with Crippen LogP contribution in [0.4, 0.5) is 15.8 Å². The average molecular weight is 550 g/mol. The highest BCUT2D eigenvalue weighted by molar-refractivity contribution is 7.92. The molecule has 0 heterocycles. The SMILES string of the molecule is COc1ccccc1C(=O)NCCNc1cccc(NS(=O)(=O)c2cc(-c3ccccc3F)ccc2OC)c1. The van der Waals surface area contributed by atoms with Crippen LogP contribution in [0, 0.1) is 5.82 Å². The van der Waals surface area contributed by atoms with Crippen LogP contribution in [0.15, 0.2) is 95.9 Å². The maximum absolute atomic E-state index is 14.3. The molecule has 0 spiro atoms. The first kappa shape index (κ1) is 27.5. The van der Waals surface area contributed by atoms with Gasteiger partial charge in [-0.3, -0.25) is 9.52 Å². The molecule has 4 aromatic rings. The van der Waals surface area contributed by atoms with Crippen molar-refractivity contribution in [2.24, 2.45) is 0 Å². The molecule has 0 bridgehead atoms. The first-order chi connectivity index (χ1) is 18.8. The number of carbonyl (C=O) groups excluding carboxylic acids is 1. The van der Waals surface area contributed by atoms with Crippen molar-refractivity contribution in [1.82, 2.24) is 5.32 Å². The minimum atomic E-state index is -4.08. The van der Waals surface area contributed by atoms with Crippen LogP contribution in [-0.2, 0) is 10.0 Å². The van der Waals surface area contributed by atoms with Crippen LogP contribution in [0.2, 0.25) is 0 Å². The number of nitrogens with one attached hydrogen (secondary N) is 3. The predicted molar refractivity (Wildman–Crippen MR) is 149 cm³/mol. The lowest BCUT2D eigenvalue weighted by atomic mass is 10.1. The number of amides is 1. The van der Waals surface area contributed by atoms with E-state index in [1.165, 1.54) is 32.4 Å². The number of ether oxygens (including phenoxy) is 2. The van der Waals surface area contributed by atoms with Crippen LogP contribution >= 0.6 is 0 Å². The molecule has 0 aliphatic heterocycles. The van der Waals surface area contributed by atoms with Gasteiger partial charge in [0.2, 0.25) is 0 Å². The van der Waals surface area contributed by atoms with Gasteiger partial charge in [0.05, 0.1) is 25.5 Å². The lowest BCUT2D eigenvalue weighted by Crippen LogP contribution is -2.29. The molecule has 10 heteroatoms. The van der Waals surface area contributed by atoms with Crippen molar-refractivity contribution in [3.05, 3.63) is 102 Å². The van der Waals surface area contributed by atoms with Crippen molar-refractivity contribution in [1.29, 1.82) is 0 Å². The number of anilines is 2. The summed E-state index contributed by atoms with van der Waals surface area (Å²) in [6.07, 6.45) is 0. The molecule has 0 saturated carbocycles. The van der Waals surface area contributed by atoms with Gasteiger partial charge in [0.25, 0.3) is 15.9 Å². The monoisotopic (exact) mass is 549 g/mol. The smallest absolute Gasteiger partial charge is 0.265 e. The number of methoxy groups -OCH3 is 2. The van der Waals surface area contributed by atoms with Crippen molar-refractivity contribution in [2.75, 3.05) is 37.3 Å². The molecular formula is C29H28FN3O5S. The molecule has 0 unspecified atom stereocenters. The normalized spacial score (nSPS) is 10.9. The van der Waals surface area contributed by atoms with Crippen molar-refractivity contribution in [2.45, 2.75) is 4.90 Å². The number of benzene rings is 4. The fourth-order valence-electron chi connectivity index (χ4n) is 3.96. The van der Waals surface area contributed by atoms with E-state index < -0.39 is 15.8 Å². The minimum Gasteiger partial charge on any atom is -0.496 e. The number of rotatable bonds is 11. The second-order valence-electron chi connectivity index (χ2n) is 8.41. The van der Waals surface area contributed by atoms with Crippen molar-refractivity contribution >= 4 is 27.3 Å². The van der Waals surface area contributed by atoms with Gasteiger partial charge >= 0.3 is 0 Å². The predicted octanol–water partition coefficient (Wildman–Crippen LogP) is 5.15. The molecule has 8 nitrogen and oxygen atoms in total. The van der Waals surface area contributed by atoms with Crippen molar-refractivity contribution < 1.29 is 27.1 Å². The van der Waals surface area contributed by atoms with Crippen LogP contribution in [0.1, 0.15) is 10.4 Å². The summed E-state index contributed by atoms with van der Waals surface area (Å²) in [5.74, 6) is -0.110. The zero-order valence-electron chi connectivity index (χ0n) is 21.4. The number of halogens is 1. The number of para-hydroxylation sites is 1. The van der Waals surface area contributed by atoms with Gasteiger partial charge < -0.3 is 20.1 Å². The summed E-state index contributed by atoms with van der Waals surface area (Å²) in [6.45, 7) is 0.725. The van der Waals surface area contributed by atoms with Gasteiger partial charge in [0, 0.05) is 24.3 Å². The number of hydrogen-bond acceptors (Lipinski definition) is 6. The Labute approximate surface area is 226 Å². The fraction of sp³-hybridized carbons (Fsp3) is 0.138. The van der Waals surface area contributed by atoms with Gasteiger partial charge in [-0.25, -0.2) is 12.8 Å². The lowest BCUT2D eigenvalue weighted by molar-refractivity contribution is 0.0952. The standard InChI is InChI=1S/C29H28FN3O5S/c1-37-26-13-6-4-11-24(26)29(34)32-17-16-31-21-8-7-9-22(19-21)33-39(35,36)28-18-20(14-15-27(28)38-2)23-10-3-5-12-25(23)30/h3-15,18-19,31,33H,16-17H2,1-2H3,(H,32,34). The van der Waals surface area contributed by atoms with Gasteiger partial charge in [-0.15, -0.1) is 0 Å². The lowest BCUT2D eigenvalue weighted by Gasteiger charge is -2.15.